The molecule has 1 aliphatic heterocycles. The van der Waals surface area contributed by atoms with Crippen molar-refractivity contribution in [1.29, 1.82) is 0 Å². The molecular formula is C21H27FN2O4. The largest absolute Gasteiger partial charge is 0.481 e. The lowest BCUT2D eigenvalue weighted by Crippen LogP contribution is -2.46. The van der Waals surface area contributed by atoms with Crippen LogP contribution in [0.5, 0.6) is 0 Å². The van der Waals surface area contributed by atoms with Crippen LogP contribution < -0.4 is 10.2 Å². The SMILES string of the molecule is C[C@@H](CC(=O)O)[C@@H](C)NC(=O)CN1C(=O)C(C)(C)c2c1ccc(C1CC1)c2F. The minimum absolute atomic E-state index is 0.0604. The quantitative estimate of drug-likeness (QED) is 0.749. The highest BCUT2D eigenvalue weighted by molar-refractivity contribution is 6.10. The van der Waals surface area contributed by atoms with E-state index in [-0.39, 0.29) is 42.6 Å². The Hall–Kier alpha value is -2.44. The highest BCUT2D eigenvalue weighted by Crippen LogP contribution is 2.48. The predicted octanol–water partition coefficient (Wildman–Crippen LogP) is 2.94. The highest BCUT2D eigenvalue weighted by Gasteiger charge is 2.47. The molecule has 1 aromatic carbocycles. The molecule has 2 atom stereocenters. The van der Waals surface area contributed by atoms with Crippen molar-refractivity contribution in [2.24, 2.45) is 5.92 Å². The van der Waals surface area contributed by atoms with E-state index in [0.29, 0.717) is 16.8 Å². The fourth-order valence-electron chi connectivity index (χ4n) is 3.86. The van der Waals surface area contributed by atoms with Crippen LogP contribution in [0.1, 0.15) is 64.0 Å². The molecule has 6 nitrogen and oxygen atoms in total. The van der Waals surface area contributed by atoms with E-state index in [4.69, 9.17) is 5.11 Å². The van der Waals surface area contributed by atoms with Crippen molar-refractivity contribution >= 4 is 23.5 Å². The third-order valence-corrected chi connectivity index (χ3v) is 5.90. The molecule has 152 valence electrons. The van der Waals surface area contributed by atoms with E-state index in [1.807, 2.05) is 0 Å². The second-order valence-electron chi connectivity index (χ2n) is 8.58. The van der Waals surface area contributed by atoms with E-state index < -0.39 is 17.3 Å². The number of carbonyl (C=O) groups is 3. The maximum absolute atomic E-state index is 15.1. The van der Waals surface area contributed by atoms with Crippen molar-refractivity contribution in [3.8, 4) is 0 Å². The Bertz CT molecular complexity index is 832. The van der Waals surface area contributed by atoms with Crippen LogP contribution in [-0.2, 0) is 19.8 Å². The molecule has 0 bridgehead atoms. The Morgan fingerprint density at radius 1 is 1.32 bits per heavy atom. The van der Waals surface area contributed by atoms with E-state index in [9.17, 15) is 14.4 Å². The lowest BCUT2D eigenvalue weighted by molar-refractivity contribution is -0.138. The van der Waals surface area contributed by atoms with Gasteiger partial charge in [-0.05, 0) is 57.1 Å². The molecule has 7 heteroatoms. The maximum atomic E-state index is 15.1. The first-order valence-electron chi connectivity index (χ1n) is 9.70. The van der Waals surface area contributed by atoms with Gasteiger partial charge < -0.3 is 15.3 Å². The van der Waals surface area contributed by atoms with Gasteiger partial charge in [0.15, 0.2) is 0 Å². The molecule has 28 heavy (non-hydrogen) atoms. The fourth-order valence-corrected chi connectivity index (χ4v) is 3.86. The molecule has 3 rings (SSSR count). The summed E-state index contributed by atoms with van der Waals surface area (Å²) in [5.74, 6) is -1.99. The summed E-state index contributed by atoms with van der Waals surface area (Å²) >= 11 is 0. The molecular weight excluding hydrogens is 363 g/mol. The van der Waals surface area contributed by atoms with Crippen LogP contribution in [0.3, 0.4) is 0 Å². The average Bonchev–Trinajstić information content (AvgIpc) is 3.39. The van der Waals surface area contributed by atoms with Crippen molar-refractivity contribution in [1.82, 2.24) is 5.32 Å². The predicted molar refractivity (Wildman–Crippen MR) is 103 cm³/mol. The topological polar surface area (TPSA) is 86.7 Å². The van der Waals surface area contributed by atoms with Crippen molar-refractivity contribution in [2.45, 2.75) is 64.3 Å². The summed E-state index contributed by atoms with van der Waals surface area (Å²) in [6, 6.07) is 3.11. The second-order valence-corrected chi connectivity index (χ2v) is 8.58. The third-order valence-electron chi connectivity index (χ3n) is 5.90. The summed E-state index contributed by atoms with van der Waals surface area (Å²) in [7, 11) is 0. The van der Waals surface area contributed by atoms with Gasteiger partial charge in [0.2, 0.25) is 11.8 Å². The van der Waals surface area contributed by atoms with Gasteiger partial charge in [-0.1, -0.05) is 13.0 Å². The van der Waals surface area contributed by atoms with Crippen LogP contribution in [0.2, 0.25) is 0 Å². The molecule has 0 unspecified atom stereocenters. The molecule has 1 fully saturated rings. The van der Waals surface area contributed by atoms with Gasteiger partial charge in [-0.3, -0.25) is 14.4 Å². The fraction of sp³-hybridized carbons (Fsp3) is 0.571. The zero-order chi connectivity index (χ0) is 20.8. The van der Waals surface area contributed by atoms with Gasteiger partial charge in [0.05, 0.1) is 11.1 Å². The smallest absolute Gasteiger partial charge is 0.303 e. The van der Waals surface area contributed by atoms with E-state index in [0.717, 1.165) is 12.8 Å². The average molecular weight is 390 g/mol. The third kappa shape index (κ3) is 3.62. The standard InChI is InChI=1S/C21H27FN2O4/c1-11(9-17(26)27)12(2)23-16(25)10-24-15-8-7-14(13-5-6-13)19(22)18(15)21(3,4)20(24)28/h7-8,11-13H,5-6,9-10H2,1-4H3,(H,23,25)(H,26,27)/t11-,12+/m0/s1. The van der Waals surface area contributed by atoms with Gasteiger partial charge in [0.1, 0.15) is 12.4 Å². The number of hydrogen-bond acceptors (Lipinski definition) is 3. The molecule has 0 spiro atoms. The molecule has 1 saturated carbocycles. The number of carboxylic acid groups (broad SMARTS) is 1. The highest BCUT2D eigenvalue weighted by atomic mass is 19.1. The van der Waals surface area contributed by atoms with Gasteiger partial charge in [-0.2, -0.15) is 0 Å². The number of carbonyl (C=O) groups excluding carboxylic acids is 2. The van der Waals surface area contributed by atoms with Crippen molar-refractivity contribution in [3.63, 3.8) is 0 Å². The molecule has 1 heterocycles. The van der Waals surface area contributed by atoms with Gasteiger partial charge in [0, 0.05) is 18.0 Å². The number of benzene rings is 1. The molecule has 0 aromatic heterocycles. The van der Waals surface area contributed by atoms with E-state index >= 15 is 4.39 Å². The number of fused-ring (bicyclic) bond motifs is 1. The molecule has 1 aromatic rings. The number of amides is 2. The van der Waals surface area contributed by atoms with Gasteiger partial charge in [0.25, 0.3) is 0 Å². The van der Waals surface area contributed by atoms with Crippen LogP contribution in [0.25, 0.3) is 0 Å². The summed E-state index contributed by atoms with van der Waals surface area (Å²) < 4.78 is 15.1. The number of anilines is 1. The number of halogens is 1. The van der Waals surface area contributed by atoms with Crippen LogP contribution in [0, 0.1) is 11.7 Å². The summed E-state index contributed by atoms with van der Waals surface area (Å²) in [4.78, 5) is 37.6. The van der Waals surface area contributed by atoms with Crippen molar-refractivity contribution in [2.75, 3.05) is 11.4 Å². The minimum Gasteiger partial charge on any atom is -0.481 e. The monoisotopic (exact) mass is 390 g/mol. The first-order valence-corrected chi connectivity index (χ1v) is 9.70. The first-order chi connectivity index (χ1) is 13.0. The van der Waals surface area contributed by atoms with Crippen molar-refractivity contribution < 1.29 is 23.9 Å². The summed E-state index contributed by atoms with van der Waals surface area (Å²) in [6.07, 6.45) is 1.86. The number of rotatable bonds is 7. The van der Waals surface area contributed by atoms with Crippen LogP contribution in [-0.4, -0.2) is 35.5 Å². The summed E-state index contributed by atoms with van der Waals surface area (Å²) in [6.45, 7) is 6.62. The van der Waals surface area contributed by atoms with E-state index in [1.165, 1.54) is 4.90 Å². The van der Waals surface area contributed by atoms with Gasteiger partial charge in [-0.25, -0.2) is 4.39 Å². The van der Waals surface area contributed by atoms with Crippen molar-refractivity contribution in [3.05, 3.63) is 29.1 Å². The number of nitrogens with zero attached hydrogens (tertiary/aromatic N) is 1. The molecule has 0 radical (unpaired) electrons. The Labute approximate surface area is 164 Å². The zero-order valence-electron chi connectivity index (χ0n) is 16.7. The lowest BCUT2D eigenvalue weighted by atomic mass is 9.84. The number of hydrogen-bond donors (Lipinski definition) is 2. The molecule has 2 amide bonds. The molecule has 2 aliphatic rings. The zero-order valence-corrected chi connectivity index (χ0v) is 16.7. The van der Waals surface area contributed by atoms with Crippen LogP contribution >= 0.6 is 0 Å². The minimum atomic E-state index is -1.03. The maximum Gasteiger partial charge on any atom is 0.303 e. The number of aliphatic carboxylic acids is 1. The van der Waals surface area contributed by atoms with Crippen LogP contribution in [0.15, 0.2) is 12.1 Å². The molecule has 0 saturated heterocycles. The van der Waals surface area contributed by atoms with Gasteiger partial charge in [-0.15, -0.1) is 0 Å². The van der Waals surface area contributed by atoms with Crippen LogP contribution in [0.4, 0.5) is 10.1 Å². The lowest BCUT2D eigenvalue weighted by Gasteiger charge is -2.23. The summed E-state index contributed by atoms with van der Waals surface area (Å²) in [5.41, 5.74) is 0.426. The summed E-state index contributed by atoms with van der Waals surface area (Å²) in [5, 5.41) is 11.6. The van der Waals surface area contributed by atoms with E-state index in [1.54, 1.807) is 39.8 Å². The molecule has 2 N–H and O–H groups in total. The Morgan fingerprint density at radius 3 is 2.54 bits per heavy atom. The Kier molecular flexibility index (Phi) is 5.21. The first kappa shape index (κ1) is 20.3. The number of carboxylic acids is 1. The second kappa shape index (κ2) is 7.18. The Morgan fingerprint density at radius 2 is 1.96 bits per heavy atom. The molecule has 1 aliphatic carbocycles. The Balaban J connectivity index is 1.79. The van der Waals surface area contributed by atoms with E-state index in [2.05, 4.69) is 5.32 Å². The normalized spacial score (nSPS) is 19.9. The number of nitrogens with one attached hydrogen (secondary N) is 1. The van der Waals surface area contributed by atoms with Gasteiger partial charge >= 0.3 is 5.97 Å².